The number of rotatable bonds is 7. The van der Waals surface area contributed by atoms with Crippen LogP contribution < -0.4 is 15.2 Å². The van der Waals surface area contributed by atoms with Gasteiger partial charge >= 0.3 is 5.97 Å². The van der Waals surface area contributed by atoms with Gasteiger partial charge in [0.1, 0.15) is 0 Å². The number of benzene rings is 1. The molecule has 0 fully saturated rings. The number of nitrogens with two attached hydrogens (primary N) is 1. The second-order valence-electron chi connectivity index (χ2n) is 3.70. The molecule has 1 aromatic rings. The van der Waals surface area contributed by atoms with Crippen molar-refractivity contribution >= 4 is 11.9 Å². The molecule has 1 atom stereocenters. The van der Waals surface area contributed by atoms with Crippen LogP contribution in [0.25, 0.3) is 0 Å². The Morgan fingerprint density at radius 3 is 2.32 bits per heavy atom. The van der Waals surface area contributed by atoms with Gasteiger partial charge in [0.05, 0.1) is 6.61 Å². The molecule has 0 aliphatic heterocycles. The number of para-hydroxylation sites is 2. The minimum Gasteiger partial charge on any atom is -0.490 e. The van der Waals surface area contributed by atoms with Crippen LogP contribution in [-0.4, -0.2) is 31.2 Å². The number of hydrogen-bond acceptors (Lipinski definition) is 5. The Morgan fingerprint density at radius 2 is 1.79 bits per heavy atom. The highest BCUT2D eigenvalue weighted by Gasteiger charge is 2.15. The van der Waals surface area contributed by atoms with Crippen molar-refractivity contribution in [1.82, 2.24) is 0 Å². The van der Waals surface area contributed by atoms with Crippen molar-refractivity contribution in [2.45, 2.75) is 20.0 Å². The minimum atomic E-state index is -0.974. The highest BCUT2D eigenvalue weighted by atomic mass is 16.6. The van der Waals surface area contributed by atoms with Crippen LogP contribution in [0.15, 0.2) is 24.3 Å². The Kier molecular flexibility index (Phi) is 5.66. The van der Waals surface area contributed by atoms with Gasteiger partial charge in [-0.3, -0.25) is 4.79 Å². The summed E-state index contributed by atoms with van der Waals surface area (Å²) in [7, 11) is 0. The summed E-state index contributed by atoms with van der Waals surface area (Å²) in [6, 6.07) is 6.96. The fraction of sp³-hybridized carbons (Fsp3) is 0.385. The van der Waals surface area contributed by atoms with Crippen molar-refractivity contribution in [3.05, 3.63) is 24.3 Å². The van der Waals surface area contributed by atoms with E-state index >= 15 is 0 Å². The van der Waals surface area contributed by atoms with E-state index in [2.05, 4.69) is 0 Å². The SMILES string of the molecule is CCOc1ccccc1OCC(=O)OC(C)C(N)=O. The van der Waals surface area contributed by atoms with Crippen LogP contribution in [0.5, 0.6) is 11.5 Å². The highest BCUT2D eigenvalue weighted by Crippen LogP contribution is 2.26. The van der Waals surface area contributed by atoms with Gasteiger partial charge in [-0.1, -0.05) is 12.1 Å². The van der Waals surface area contributed by atoms with Crippen LogP contribution in [0.3, 0.4) is 0 Å². The Labute approximate surface area is 111 Å². The van der Waals surface area contributed by atoms with Crippen LogP contribution in [-0.2, 0) is 14.3 Å². The maximum absolute atomic E-state index is 11.4. The molecular formula is C13H17NO5. The van der Waals surface area contributed by atoms with Gasteiger partial charge < -0.3 is 19.9 Å². The summed E-state index contributed by atoms with van der Waals surface area (Å²) in [5, 5.41) is 0. The van der Waals surface area contributed by atoms with Gasteiger partial charge in [0.2, 0.25) is 0 Å². The van der Waals surface area contributed by atoms with Crippen molar-refractivity contribution in [2.24, 2.45) is 5.73 Å². The smallest absolute Gasteiger partial charge is 0.344 e. The van der Waals surface area contributed by atoms with Gasteiger partial charge in [-0.25, -0.2) is 4.79 Å². The normalized spacial score (nSPS) is 11.5. The topological polar surface area (TPSA) is 87.8 Å². The molecule has 1 aromatic carbocycles. The summed E-state index contributed by atoms with van der Waals surface area (Å²) in [5.41, 5.74) is 4.98. The molecule has 0 aromatic heterocycles. The Hall–Kier alpha value is -2.24. The molecule has 1 rings (SSSR count). The molecule has 0 bridgehead atoms. The van der Waals surface area contributed by atoms with Crippen LogP contribution in [0.1, 0.15) is 13.8 Å². The predicted molar refractivity (Wildman–Crippen MR) is 67.9 cm³/mol. The maximum Gasteiger partial charge on any atom is 0.344 e. The molecule has 6 nitrogen and oxygen atoms in total. The molecular weight excluding hydrogens is 250 g/mol. The quantitative estimate of drug-likeness (QED) is 0.741. The molecule has 0 radical (unpaired) electrons. The van der Waals surface area contributed by atoms with E-state index in [0.717, 1.165) is 0 Å². The second kappa shape index (κ2) is 7.25. The van der Waals surface area contributed by atoms with E-state index in [1.807, 2.05) is 6.92 Å². The van der Waals surface area contributed by atoms with Crippen molar-refractivity contribution in [2.75, 3.05) is 13.2 Å². The van der Waals surface area contributed by atoms with Crippen molar-refractivity contribution in [3.63, 3.8) is 0 Å². The summed E-state index contributed by atoms with van der Waals surface area (Å²) in [6.07, 6.45) is -0.974. The molecule has 104 valence electrons. The first-order valence-corrected chi connectivity index (χ1v) is 5.88. The number of hydrogen-bond donors (Lipinski definition) is 1. The average Bonchev–Trinajstić information content (AvgIpc) is 2.38. The number of amides is 1. The largest absolute Gasteiger partial charge is 0.490 e. The molecule has 6 heteroatoms. The molecule has 0 spiro atoms. The van der Waals surface area contributed by atoms with E-state index in [0.29, 0.717) is 18.1 Å². The fourth-order valence-electron chi connectivity index (χ4n) is 1.27. The van der Waals surface area contributed by atoms with E-state index < -0.39 is 18.0 Å². The first kappa shape index (κ1) is 14.8. The number of esters is 1. The summed E-state index contributed by atoms with van der Waals surface area (Å²) in [4.78, 5) is 22.1. The molecule has 0 saturated carbocycles. The molecule has 1 amide bonds. The fourth-order valence-corrected chi connectivity index (χ4v) is 1.27. The lowest BCUT2D eigenvalue weighted by atomic mass is 10.3. The summed E-state index contributed by atoms with van der Waals surface area (Å²) in [5.74, 6) is -0.394. The molecule has 1 unspecified atom stereocenters. The number of carbonyl (C=O) groups excluding carboxylic acids is 2. The maximum atomic E-state index is 11.4. The van der Waals surface area contributed by atoms with Gasteiger partial charge in [-0.2, -0.15) is 0 Å². The number of ether oxygens (including phenoxy) is 3. The van der Waals surface area contributed by atoms with Crippen LogP contribution in [0.2, 0.25) is 0 Å². The highest BCUT2D eigenvalue weighted by molar-refractivity contribution is 5.82. The summed E-state index contributed by atoms with van der Waals surface area (Å²) < 4.78 is 15.4. The molecule has 2 N–H and O–H groups in total. The number of carbonyl (C=O) groups is 2. The van der Waals surface area contributed by atoms with E-state index in [1.54, 1.807) is 24.3 Å². The zero-order chi connectivity index (χ0) is 14.3. The van der Waals surface area contributed by atoms with E-state index in [1.165, 1.54) is 6.92 Å². The van der Waals surface area contributed by atoms with Crippen LogP contribution in [0, 0.1) is 0 Å². The van der Waals surface area contributed by atoms with Crippen molar-refractivity contribution < 1.29 is 23.8 Å². The third-order valence-electron chi connectivity index (χ3n) is 2.20. The average molecular weight is 267 g/mol. The van der Waals surface area contributed by atoms with Crippen LogP contribution >= 0.6 is 0 Å². The Balaban J connectivity index is 2.52. The predicted octanol–water partition coefficient (Wildman–Crippen LogP) is 0.881. The Bertz CT molecular complexity index is 446. The molecule has 0 aliphatic rings. The van der Waals surface area contributed by atoms with E-state index in [9.17, 15) is 9.59 Å². The van der Waals surface area contributed by atoms with Gasteiger partial charge in [-0.15, -0.1) is 0 Å². The first-order valence-electron chi connectivity index (χ1n) is 5.88. The monoisotopic (exact) mass is 267 g/mol. The van der Waals surface area contributed by atoms with Crippen molar-refractivity contribution in [3.8, 4) is 11.5 Å². The third kappa shape index (κ3) is 4.87. The van der Waals surface area contributed by atoms with Gasteiger partial charge in [0.15, 0.2) is 24.2 Å². The second-order valence-corrected chi connectivity index (χ2v) is 3.70. The molecule has 19 heavy (non-hydrogen) atoms. The molecule has 0 saturated heterocycles. The lowest BCUT2D eigenvalue weighted by molar-refractivity contribution is -0.155. The number of primary amides is 1. The Morgan fingerprint density at radius 1 is 1.21 bits per heavy atom. The van der Waals surface area contributed by atoms with E-state index in [4.69, 9.17) is 19.9 Å². The minimum absolute atomic E-state index is 0.318. The standard InChI is InChI=1S/C13H17NO5/c1-3-17-10-6-4-5-7-11(10)18-8-12(15)19-9(2)13(14)16/h4-7,9H,3,8H2,1-2H3,(H2,14,16). The van der Waals surface area contributed by atoms with E-state index in [-0.39, 0.29) is 6.61 Å². The zero-order valence-electron chi connectivity index (χ0n) is 10.9. The summed E-state index contributed by atoms with van der Waals surface area (Å²) >= 11 is 0. The molecule has 0 aliphatic carbocycles. The first-order chi connectivity index (χ1) is 9.04. The van der Waals surface area contributed by atoms with Gasteiger partial charge in [0, 0.05) is 0 Å². The van der Waals surface area contributed by atoms with Gasteiger partial charge in [-0.05, 0) is 26.0 Å². The lowest BCUT2D eigenvalue weighted by Gasteiger charge is -2.12. The summed E-state index contributed by atoms with van der Waals surface area (Å²) in [6.45, 7) is 3.42. The lowest BCUT2D eigenvalue weighted by Crippen LogP contribution is -2.32. The zero-order valence-corrected chi connectivity index (χ0v) is 10.9. The van der Waals surface area contributed by atoms with Crippen molar-refractivity contribution in [1.29, 1.82) is 0 Å². The molecule has 0 heterocycles. The van der Waals surface area contributed by atoms with Crippen LogP contribution in [0.4, 0.5) is 0 Å². The van der Waals surface area contributed by atoms with Gasteiger partial charge in [0.25, 0.3) is 5.91 Å². The third-order valence-corrected chi connectivity index (χ3v) is 2.20.